The fraction of sp³-hybridized carbons (Fsp3) is 0.286. The van der Waals surface area contributed by atoms with E-state index in [1.165, 1.54) is 11.3 Å². The van der Waals surface area contributed by atoms with Crippen LogP contribution in [0.1, 0.15) is 6.42 Å². The molecule has 0 amide bonds. The molecule has 0 aliphatic rings. The second-order valence-electron chi connectivity index (χ2n) is 4.22. The molecule has 2 aromatic rings. The summed E-state index contributed by atoms with van der Waals surface area (Å²) in [5, 5.41) is 14.6. The summed E-state index contributed by atoms with van der Waals surface area (Å²) in [6.45, 7) is 0.390. The van der Waals surface area contributed by atoms with Gasteiger partial charge in [-0.25, -0.2) is 9.78 Å². The van der Waals surface area contributed by atoms with E-state index >= 15 is 0 Å². The highest BCUT2D eigenvalue weighted by Gasteiger charge is 2.18. The van der Waals surface area contributed by atoms with Crippen LogP contribution in [0.4, 0.5) is 5.13 Å². The predicted molar refractivity (Wildman–Crippen MR) is 79.1 cm³/mol. The van der Waals surface area contributed by atoms with Gasteiger partial charge >= 0.3 is 5.97 Å². The van der Waals surface area contributed by atoms with Crippen molar-refractivity contribution in [2.24, 2.45) is 0 Å². The molecule has 1 aromatic carbocycles. The van der Waals surface area contributed by atoms with Crippen LogP contribution in [-0.2, 0) is 9.53 Å². The molecular formula is C14H16N2O3S. The highest BCUT2D eigenvalue weighted by atomic mass is 32.1. The van der Waals surface area contributed by atoms with Gasteiger partial charge < -0.3 is 15.2 Å². The minimum absolute atomic E-state index is 0.390. The standard InChI is InChI=1S/C14H16N2O3S/c1-19-8-7-11(13(17)18)15-14-16-12(9-20-14)10-5-3-2-4-6-10/h2-6,9,11H,7-8H2,1H3,(H,15,16)(H,17,18). The molecule has 0 bridgehead atoms. The van der Waals surface area contributed by atoms with Gasteiger partial charge in [-0.1, -0.05) is 30.3 Å². The fourth-order valence-corrected chi connectivity index (χ4v) is 2.50. The molecular weight excluding hydrogens is 276 g/mol. The summed E-state index contributed by atoms with van der Waals surface area (Å²) in [6.07, 6.45) is 0.395. The zero-order valence-corrected chi connectivity index (χ0v) is 11.9. The third kappa shape index (κ3) is 3.79. The number of methoxy groups -OCH3 is 1. The van der Waals surface area contributed by atoms with E-state index in [1.54, 1.807) is 7.11 Å². The Hall–Kier alpha value is -1.92. The molecule has 1 aromatic heterocycles. The van der Waals surface area contributed by atoms with Crippen molar-refractivity contribution in [3.8, 4) is 11.3 Å². The summed E-state index contributed by atoms with van der Waals surface area (Å²) in [6, 6.07) is 9.09. The summed E-state index contributed by atoms with van der Waals surface area (Å²) in [5.74, 6) is -0.904. The fourth-order valence-electron chi connectivity index (χ4n) is 1.72. The molecule has 1 atom stereocenters. The highest BCUT2D eigenvalue weighted by Crippen LogP contribution is 2.25. The van der Waals surface area contributed by atoms with E-state index in [0.29, 0.717) is 18.2 Å². The first kappa shape index (κ1) is 14.5. The Morgan fingerprint density at radius 3 is 2.85 bits per heavy atom. The normalized spacial score (nSPS) is 12.1. The average Bonchev–Trinajstić information content (AvgIpc) is 2.92. The van der Waals surface area contributed by atoms with Crippen molar-refractivity contribution in [3.63, 3.8) is 0 Å². The topological polar surface area (TPSA) is 71.5 Å². The molecule has 0 aliphatic carbocycles. The van der Waals surface area contributed by atoms with E-state index in [1.807, 2.05) is 35.7 Å². The molecule has 0 saturated carbocycles. The van der Waals surface area contributed by atoms with Gasteiger partial charge in [0.05, 0.1) is 5.69 Å². The van der Waals surface area contributed by atoms with E-state index in [4.69, 9.17) is 9.84 Å². The van der Waals surface area contributed by atoms with E-state index in [9.17, 15) is 4.79 Å². The molecule has 6 heteroatoms. The number of benzene rings is 1. The van der Waals surface area contributed by atoms with Crippen LogP contribution in [0.2, 0.25) is 0 Å². The number of thiazole rings is 1. The van der Waals surface area contributed by atoms with Crippen molar-refractivity contribution >= 4 is 22.4 Å². The highest BCUT2D eigenvalue weighted by molar-refractivity contribution is 7.14. The second-order valence-corrected chi connectivity index (χ2v) is 5.08. The lowest BCUT2D eigenvalue weighted by Gasteiger charge is -2.12. The van der Waals surface area contributed by atoms with Crippen LogP contribution in [0.3, 0.4) is 0 Å². The zero-order valence-electron chi connectivity index (χ0n) is 11.1. The van der Waals surface area contributed by atoms with E-state index in [-0.39, 0.29) is 0 Å². The average molecular weight is 292 g/mol. The smallest absolute Gasteiger partial charge is 0.326 e. The van der Waals surface area contributed by atoms with Crippen LogP contribution in [0.15, 0.2) is 35.7 Å². The third-order valence-corrected chi connectivity index (χ3v) is 3.55. The number of hydrogen-bond donors (Lipinski definition) is 2. The van der Waals surface area contributed by atoms with Crippen LogP contribution in [0.25, 0.3) is 11.3 Å². The lowest BCUT2D eigenvalue weighted by molar-refractivity contribution is -0.138. The van der Waals surface area contributed by atoms with Crippen LogP contribution >= 0.6 is 11.3 Å². The Labute approximate surface area is 121 Å². The van der Waals surface area contributed by atoms with Gasteiger partial charge in [-0.3, -0.25) is 0 Å². The molecule has 20 heavy (non-hydrogen) atoms. The maximum Gasteiger partial charge on any atom is 0.326 e. The number of carboxylic acid groups (broad SMARTS) is 1. The number of aromatic nitrogens is 1. The number of carboxylic acids is 1. The van der Waals surface area contributed by atoms with Gasteiger partial charge in [-0.2, -0.15) is 0 Å². The molecule has 0 spiro atoms. The number of nitrogens with zero attached hydrogens (tertiary/aromatic N) is 1. The van der Waals surface area contributed by atoms with E-state index in [2.05, 4.69) is 10.3 Å². The van der Waals surface area contributed by atoms with Crippen molar-refractivity contribution in [2.45, 2.75) is 12.5 Å². The van der Waals surface area contributed by atoms with Crippen LogP contribution in [-0.4, -0.2) is 35.8 Å². The van der Waals surface area contributed by atoms with Crippen molar-refractivity contribution in [1.82, 2.24) is 4.98 Å². The largest absolute Gasteiger partial charge is 0.480 e. The van der Waals surface area contributed by atoms with Gasteiger partial charge in [-0.05, 0) is 0 Å². The van der Waals surface area contributed by atoms with Gasteiger partial charge in [-0.15, -0.1) is 11.3 Å². The monoisotopic (exact) mass is 292 g/mol. The molecule has 5 nitrogen and oxygen atoms in total. The van der Waals surface area contributed by atoms with Crippen molar-refractivity contribution in [1.29, 1.82) is 0 Å². The Morgan fingerprint density at radius 2 is 2.20 bits per heavy atom. The van der Waals surface area contributed by atoms with Gasteiger partial charge in [0, 0.05) is 31.1 Å². The minimum Gasteiger partial charge on any atom is -0.480 e. The number of anilines is 1. The first-order valence-electron chi connectivity index (χ1n) is 6.20. The summed E-state index contributed by atoms with van der Waals surface area (Å²) < 4.78 is 4.91. The lowest BCUT2D eigenvalue weighted by atomic mass is 10.2. The molecule has 0 radical (unpaired) electrons. The number of hydrogen-bond acceptors (Lipinski definition) is 5. The lowest BCUT2D eigenvalue weighted by Crippen LogP contribution is -2.30. The van der Waals surface area contributed by atoms with Crippen molar-refractivity contribution in [3.05, 3.63) is 35.7 Å². The summed E-state index contributed by atoms with van der Waals surface area (Å²) >= 11 is 1.40. The number of aliphatic carboxylic acids is 1. The van der Waals surface area contributed by atoms with Gasteiger partial charge in [0.15, 0.2) is 5.13 Å². The number of carbonyl (C=O) groups is 1. The minimum atomic E-state index is -0.904. The molecule has 1 unspecified atom stereocenters. The van der Waals surface area contributed by atoms with E-state index < -0.39 is 12.0 Å². The van der Waals surface area contributed by atoms with E-state index in [0.717, 1.165) is 11.3 Å². The number of ether oxygens (including phenoxy) is 1. The van der Waals surface area contributed by atoms with Crippen LogP contribution in [0.5, 0.6) is 0 Å². The molecule has 2 rings (SSSR count). The maximum absolute atomic E-state index is 11.1. The van der Waals surface area contributed by atoms with Crippen LogP contribution in [0, 0.1) is 0 Å². The van der Waals surface area contributed by atoms with Gasteiger partial charge in [0.25, 0.3) is 0 Å². The quantitative estimate of drug-likeness (QED) is 0.821. The van der Waals surface area contributed by atoms with Gasteiger partial charge in [0.1, 0.15) is 6.04 Å². The first-order chi connectivity index (χ1) is 9.70. The summed E-state index contributed by atoms with van der Waals surface area (Å²) in [7, 11) is 1.55. The maximum atomic E-state index is 11.1. The Kier molecular flexibility index (Phi) is 5.09. The Morgan fingerprint density at radius 1 is 1.45 bits per heavy atom. The van der Waals surface area contributed by atoms with Gasteiger partial charge in [0.2, 0.25) is 0 Å². The van der Waals surface area contributed by atoms with Crippen LogP contribution < -0.4 is 5.32 Å². The molecule has 1 heterocycles. The Bertz CT molecular complexity index is 557. The predicted octanol–water partition coefficient (Wildman–Crippen LogP) is 2.71. The molecule has 0 aliphatic heterocycles. The molecule has 0 saturated heterocycles. The Balaban J connectivity index is 2.06. The summed E-state index contributed by atoms with van der Waals surface area (Å²) in [5.41, 5.74) is 1.86. The van der Waals surface area contributed by atoms with Crippen molar-refractivity contribution in [2.75, 3.05) is 19.0 Å². The number of rotatable bonds is 7. The first-order valence-corrected chi connectivity index (χ1v) is 7.08. The van der Waals surface area contributed by atoms with Crippen molar-refractivity contribution < 1.29 is 14.6 Å². The zero-order chi connectivity index (χ0) is 14.4. The SMILES string of the molecule is COCCC(Nc1nc(-c2ccccc2)cs1)C(=O)O. The molecule has 106 valence electrons. The third-order valence-electron chi connectivity index (χ3n) is 2.78. The number of nitrogens with one attached hydrogen (secondary N) is 1. The summed E-state index contributed by atoms with van der Waals surface area (Å²) in [4.78, 5) is 15.6. The molecule has 2 N–H and O–H groups in total. The molecule has 0 fully saturated rings. The second kappa shape index (κ2) is 7.02.